The number of aryl methyl sites for hydroxylation is 2. The lowest BCUT2D eigenvalue weighted by Crippen LogP contribution is -2.21. The Labute approximate surface area is 238 Å². The molecule has 0 amide bonds. The van der Waals surface area contributed by atoms with Gasteiger partial charge in [0.2, 0.25) is 0 Å². The molecular formula is C32H43N5O3. The van der Waals surface area contributed by atoms with Gasteiger partial charge in [-0.2, -0.15) is 0 Å². The smallest absolute Gasteiger partial charge is 0.173 e. The van der Waals surface area contributed by atoms with Gasteiger partial charge in [-0.05, 0) is 73.8 Å². The maximum atomic E-state index is 5.58. The zero-order valence-electron chi connectivity index (χ0n) is 24.5. The van der Waals surface area contributed by atoms with Crippen molar-refractivity contribution in [3.8, 4) is 11.5 Å². The predicted octanol–water partition coefficient (Wildman–Crippen LogP) is 7.01. The van der Waals surface area contributed by atoms with Crippen LogP contribution in [0.25, 0.3) is 10.9 Å². The van der Waals surface area contributed by atoms with Gasteiger partial charge in [-0.3, -0.25) is 4.98 Å². The van der Waals surface area contributed by atoms with Crippen molar-refractivity contribution in [1.29, 1.82) is 0 Å². The largest absolute Gasteiger partial charge is 0.488 e. The van der Waals surface area contributed by atoms with E-state index in [-0.39, 0.29) is 0 Å². The molecular weight excluding hydrogens is 502 g/mol. The zero-order chi connectivity index (χ0) is 28.5. The summed E-state index contributed by atoms with van der Waals surface area (Å²) in [5.41, 5.74) is 6.60. The van der Waals surface area contributed by atoms with Crippen molar-refractivity contribution in [2.24, 2.45) is 17.0 Å². The molecule has 2 N–H and O–H groups in total. The van der Waals surface area contributed by atoms with E-state index in [9.17, 15) is 0 Å². The van der Waals surface area contributed by atoms with Crippen molar-refractivity contribution in [3.05, 3.63) is 60.1 Å². The van der Waals surface area contributed by atoms with Crippen molar-refractivity contribution < 1.29 is 14.3 Å². The van der Waals surface area contributed by atoms with Crippen LogP contribution in [0, 0.1) is 11.8 Å². The van der Waals surface area contributed by atoms with Gasteiger partial charge in [0, 0.05) is 23.3 Å². The Morgan fingerprint density at radius 3 is 2.70 bits per heavy atom. The maximum Gasteiger partial charge on any atom is 0.173 e. The van der Waals surface area contributed by atoms with E-state index in [0.717, 1.165) is 77.0 Å². The second-order valence-corrected chi connectivity index (χ2v) is 10.6. The van der Waals surface area contributed by atoms with Crippen molar-refractivity contribution >= 4 is 28.1 Å². The lowest BCUT2D eigenvalue weighted by molar-refractivity contribution is 0.207. The van der Waals surface area contributed by atoms with Crippen LogP contribution in [0.15, 0.2) is 54.0 Å². The molecule has 8 nitrogen and oxygen atoms in total. The number of hydrogen-bond acceptors (Lipinski definition) is 8. The third-order valence-electron chi connectivity index (χ3n) is 7.37. The minimum Gasteiger partial charge on any atom is -0.488 e. The number of nitrogens with one attached hydrogen (secondary N) is 2. The highest BCUT2D eigenvalue weighted by molar-refractivity contribution is 5.95. The lowest BCUT2D eigenvalue weighted by Gasteiger charge is -2.24. The molecule has 0 saturated heterocycles. The van der Waals surface area contributed by atoms with Gasteiger partial charge in [-0.1, -0.05) is 45.5 Å². The van der Waals surface area contributed by atoms with Gasteiger partial charge >= 0.3 is 0 Å². The van der Waals surface area contributed by atoms with Crippen LogP contribution >= 0.6 is 0 Å². The van der Waals surface area contributed by atoms with Crippen LogP contribution in [0.3, 0.4) is 0 Å². The molecule has 0 bridgehead atoms. The highest BCUT2D eigenvalue weighted by Crippen LogP contribution is 2.34. The number of hydrogen-bond donors (Lipinski definition) is 2. The van der Waals surface area contributed by atoms with Gasteiger partial charge < -0.3 is 24.9 Å². The molecule has 1 fully saturated rings. The average Bonchev–Trinajstić information content (AvgIpc) is 2.99. The molecule has 2 aliphatic heterocycles. The number of oxime groups is 1. The maximum absolute atomic E-state index is 5.58. The van der Waals surface area contributed by atoms with Crippen LogP contribution in [-0.4, -0.2) is 42.5 Å². The molecule has 0 spiro atoms. The molecule has 8 heteroatoms. The summed E-state index contributed by atoms with van der Waals surface area (Å²) in [7, 11) is 1.62. The monoisotopic (exact) mass is 545 g/mol. The second-order valence-electron chi connectivity index (χ2n) is 10.6. The summed E-state index contributed by atoms with van der Waals surface area (Å²) >= 11 is 0. The number of anilines is 2. The molecule has 1 unspecified atom stereocenters. The summed E-state index contributed by atoms with van der Waals surface area (Å²) in [5.74, 6) is 3.89. The van der Waals surface area contributed by atoms with Crippen LogP contribution in [0.2, 0.25) is 0 Å². The Hall–Kier alpha value is -3.81. The first-order valence-electron chi connectivity index (χ1n) is 14.4. The number of rotatable bonds is 3. The first-order chi connectivity index (χ1) is 19.4. The number of ether oxygens (including phenoxy) is 2. The number of benzene rings is 1. The summed E-state index contributed by atoms with van der Waals surface area (Å²) in [6, 6.07) is 10.3. The van der Waals surface area contributed by atoms with E-state index >= 15 is 0 Å². The first-order valence-corrected chi connectivity index (χ1v) is 14.4. The topological polar surface area (TPSA) is 89.9 Å². The Morgan fingerprint density at radius 2 is 1.93 bits per heavy atom. The summed E-state index contributed by atoms with van der Waals surface area (Å²) in [6.07, 6.45) is 7.50. The van der Waals surface area contributed by atoms with Gasteiger partial charge in [-0.25, -0.2) is 4.98 Å². The highest BCUT2D eigenvalue weighted by Gasteiger charge is 2.21. The molecule has 3 aromatic rings. The van der Waals surface area contributed by atoms with E-state index in [4.69, 9.17) is 14.3 Å². The van der Waals surface area contributed by atoms with Crippen LogP contribution < -0.4 is 20.1 Å². The van der Waals surface area contributed by atoms with Crippen LogP contribution in [-0.2, 0) is 17.7 Å². The minimum absolute atomic E-state index is 0.528. The van der Waals surface area contributed by atoms with Crippen LogP contribution in [0.4, 0.5) is 11.5 Å². The summed E-state index contributed by atoms with van der Waals surface area (Å²) in [5, 5.41) is 11.7. The van der Waals surface area contributed by atoms with Crippen molar-refractivity contribution in [2.45, 2.75) is 59.8 Å². The quantitative estimate of drug-likeness (QED) is 0.342. The Kier molecular flexibility index (Phi) is 10.2. The highest BCUT2D eigenvalue weighted by atomic mass is 16.6. The fraction of sp³-hybridized carbons (Fsp3) is 0.469. The van der Waals surface area contributed by atoms with E-state index < -0.39 is 0 Å². The van der Waals surface area contributed by atoms with Crippen LogP contribution in [0.5, 0.6) is 11.5 Å². The molecule has 40 heavy (non-hydrogen) atoms. The summed E-state index contributed by atoms with van der Waals surface area (Å²) < 4.78 is 11.0. The molecule has 2 aromatic heterocycles. The fourth-order valence-corrected chi connectivity index (χ4v) is 4.93. The normalized spacial score (nSPS) is 20.1. The van der Waals surface area contributed by atoms with E-state index in [1.807, 2.05) is 12.1 Å². The first kappa shape index (κ1) is 29.2. The minimum atomic E-state index is 0.528. The molecule has 1 aromatic carbocycles. The molecule has 2 atom stereocenters. The zero-order valence-corrected chi connectivity index (χ0v) is 24.5. The average molecular weight is 546 g/mol. The fourth-order valence-electron chi connectivity index (χ4n) is 4.93. The van der Waals surface area contributed by atoms with Gasteiger partial charge in [0.1, 0.15) is 20.3 Å². The molecule has 4 heterocycles. The Morgan fingerprint density at radius 1 is 1.07 bits per heavy atom. The molecule has 214 valence electrons. The van der Waals surface area contributed by atoms with Gasteiger partial charge in [0.05, 0.1) is 23.1 Å². The third kappa shape index (κ3) is 7.43. The standard InChI is InChI=1S/C13H14N2O.C10H12N2O.C9H17NO/c1-2-9-3-4-11-10(7-9)13-12(8-15-11)16-6-5-14-13;1-3-8-4-5-9-10(12-8)11-7(2)6-13-9;1-7-4-5-8(2)9(6-7)10-11-3/h3-4,7-8,14H,2,5-6H2,1H3;4-5H,2-3,6H2,1H3,(H,11,12);7-8H,4-6H2,1-3H3/b;;10-9+/t;;7-,8?/m..0/s1. The lowest BCUT2D eigenvalue weighted by atomic mass is 9.82. The summed E-state index contributed by atoms with van der Waals surface area (Å²) in [4.78, 5) is 13.6. The number of nitrogens with zero attached hydrogens (tertiary/aromatic N) is 3. The van der Waals surface area contributed by atoms with Gasteiger partial charge in [0.25, 0.3) is 0 Å². The predicted molar refractivity (Wildman–Crippen MR) is 164 cm³/mol. The van der Waals surface area contributed by atoms with Crippen molar-refractivity contribution in [3.63, 3.8) is 0 Å². The van der Waals surface area contributed by atoms with Crippen molar-refractivity contribution in [2.75, 3.05) is 37.5 Å². The van der Waals surface area contributed by atoms with E-state index in [0.29, 0.717) is 19.1 Å². The van der Waals surface area contributed by atoms with Gasteiger partial charge in [0.15, 0.2) is 17.3 Å². The molecule has 1 saturated carbocycles. The SMILES string of the molecule is C=C1COc2ccc(CC)nc2N1.CCc1ccc2ncc3c(c2c1)NCCO3.CO/N=C1\C[C@@H](C)CCC1C. The third-order valence-corrected chi connectivity index (χ3v) is 7.37. The van der Waals surface area contributed by atoms with Crippen molar-refractivity contribution in [1.82, 2.24) is 9.97 Å². The number of pyridine rings is 2. The van der Waals surface area contributed by atoms with E-state index in [1.54, 1.807) is 13.3 Å². The molecule has 3 aliphatic rings. The Balaban J connectivity index is 0.000000142. The van der Waals surface area contributed by atoms with E-state index in [1.165, 1.54) is 24.1 Å². The number of fused-ring (bicyclic) bond motifs is 4. The summed E-state index contributed by atoms with van der Waals surface area (Å²) in [6.45, 7) is 14.6. The van der Waals surface area contributed by atoms with Gasteiger partial charge in [-0.15, -0.1) is 0 Å². The molecule has 1 aliphatic carbocycles. The van der Waals surface area contributed by atoms with Crippen LogP contribution in [0.1, 0.15) is 58.2 Å². The molecule has 0 radical (unpaired) electrons. The Bertz CT molecular complexity index is 1330. The van der Waals surface area contributed by atoms with E-state index in [2.05, 4.69) is 78.2 Å². The molecule has 6 rings (SSSR count). The number of aromatic nitrogens is 2. The second kappa shape index (κ2) is 14.0.